The second-order valence-corrected chi connectivity index (χ2v) is 4.58. The Morgan fingerprint density at radius 1 is 1.50 bits per heavy atom. The number of aryl methyl sites for hydroxylation is 1. The van der Waals surface area contributed by atoms with Crippen LogP contribution in [0.4, 0.5) is 4.39 Å². The van der Waals surface area contributed by atoms with E-state index in [4.69, 9.17) is 9.26 Å². The molecule has 0 amide bonds. The van der Waals surface area contributed by atoms with Crippen LogP contribution in [-0.4, -0.2) is 16.1 Å². The van der Waals surface area contributed by atoms with Crippen molar-refractivity contribution < 1.29 is 18.4 Å². The topological polar surface area (TPSA) is 65.2 Å². The molecule has 1 heterocycles. The molecule has 0 saturated heterocycles. The van der Waals surface area contributed by atoms with E-state index in [0.717, 1.165) is 5.56 Å². The van der Waals surface area contributed by atoms with Gasteiger partial charge < -0.3 is 9.26 Å². The molecular weight excluding hydrogens is 263 g/mol. The van der Waals surface area contributed by atoms with Crippen molar-refractivity contribution in [1.82, 2.24) is 10.1 Å². The lowest BCUT2D eigenvalue weighted by Gasteiger charge is -2.10. The standard InChI is InChI=1S/C14H15FN2O3/c1-9(6-11-4-3-5-12(15)7-11)14(18)19-8-13-16-10(2)17-20-13/h3-5,7,9H,6,8H2,1-2H3. The Bertz CT molecular complexity index is 598. The van der Waals surface area contributed by atoms with Crippen LogP contribution in [0.5, 0.6) is 0 Å². The summed E-state index contributed by atoms with van der Waals surface area (Å²) in [5.41, 5.74) is 0.753. The SMILES string of the molecule is Cc1noc(COC(=O)C(C)Cc2cccc(F)c2)n1. The number of carbonyl (C=O) groups is 1. The Morgan fingerprint density at radius 2 is 2.30 bits per heavy atom. The van der Waals surface area contributed by atoms with Gasteiger partial charge >= 0.3 is 5.97 Å². The number of esters is 1. The first-order valence-electron chi connectivity index (χ1n) is 6.25. The van der Waals surface area contributed by atoms with Gasteiger partial charge in [-0.3, -0.25) is 4.79 Å². The highest BCUT2D eigenvalue weighted by molar-refractivity contribution is 5.72. The summed E-state index contributed by atoms with van der Waals surface area (Å²) < 4.78 is 23.0. The molecule has 1 aromatic carbocycles. The molecule has 106 valence electrons. The Kier molecular flexibility index (Phi) is 4.45. The van der Waals surface area contributed by atoms with Crippen LogP contribution in [-0.2, 0) is 22.6 Å². The lowest BCUT2D eigenvalue weighted by Crippen LogP contribution is -2.17. The predicted octanol–water partition coefficient (Wildman–Crippen LogP) is 2.44. The van der Waals surface area contributed by atoms with Gasteiger partial charge in [0.2, 0.25) is 0 Å². The molecule has 6 heteroatoms. The van der Waals surface area contributed by atoms with E-state index in [2.05, 4.69) is 10.1 Å². The molecule has 20 heavy (non-hydrogen) atoms. The van der Waals surface area contributed by atoms with Crippen LogP contribution in [0, 0.1) is 18.7 Å². The number of hydrogen-bond donors (Lipinski definition) is 0. The number of aromatic nitrogens is 2. The molecule has 0 saturated carbocycles. The molecule has 1 aromatic heterocycles. The van der Waals surface area contributed by atoms with Crippen LogP contribution >= 0.6 is 0 Å². The van der Waals surface area contributed by atoms with E-state index in [1.165, 1.54) is 12.1 Å². The first kappa shape index (κ1) is 14.2. The van der Waals surface area contributed by atoms with Crippen molar-refractivity contribution in [3.8, 4) is 0 Å². The first-order valence-corrected chi connectivity index (χ1v) is 6.25. The van der Waals surface area contributed by atoms with Crippen molar-refractivity contribution in [3.05, 3.63) is 47.4 Å². The average Bonchev–Trinajstić information content (AvgIpc) is 2.81. The number of ether oxygens (including phenoxy) is 1. The van der Waals surface area contributed by atoms with E-state index in [1.54, 1.807) is 26.0 Å². The van der Waals surface area contributed by atoms with Gasteiger partial charge in [0.05, 0.1) is 5.92 Å². The number of nitrogens with zero attached hydrogens (tertiary/aromatic N) is 2. The molecule has 0 aliphatic heterocycles. The molecule has 0 aliphatic carbocycles. The highest BCUT2D eigenvalue weighted by Crippen LogP contribution is 2.12. The maximum atomic E-state index is 13.0. The van der Waals surface area contributed by atoms with Crippen LogP contribution in [0.3, 0.4) is 0 Å². The van der Waals surface area contributed by atoms with Crippen molar-refractivity contribution in [3.63, 3.8) is 0 Å². The number of hydrogen-bond acceptors (Lipinski definition) is 5. The number of halogens is 1. The Labute approximate surface area is 115 Å². The molecular formula is C14H15FN2O3. The van der Waals surface area contributed by atoms with Crippen molar-refractivity contribution in [2.45, 2.75) is 26.9 Å². The second-order valence-electron chi connectivity index (χ2n) is 4.58. The second kappa shape index (κ2) is 6.27. The lowest BCUT2D eigenvalue weighted by atomic mass is 10.0. The largest absolute Gasteiger partial charge is 0.455 e. The van der Waals surface area contributed by atoms with Gasteiger partial charge in [0, 0.05) is 0 Å². The normalized spacial score (nSPS) is 12.2. The molecule has 2 rings (SSSR count). The molecule has 0 spiro atoms. The summed E-state index contributed by atoms with van der Waals surface area (Å²) in [6.45, 7) is 3.36. The molecule has 2 aromatic rings. The zero-order valence-corrected chi connectivity index (χ0v) is 11.3. The summed E-state index contributed by atoms with van der Waals surface area (Å²) in [7, 11) is 0. The monoisotopic (exact) mass is 278 g/mol. The van der Waals surface area contributed by atoms with Gasteiger partial charge in [-0.05, 0) is 31.0 Å². The van der Waals surface area contributed by atoms with Gasteiger partial charge in [0.1, 0.15) is 5.82 Å². The highest BCUT2D eigenvalue weighted by atomic mass is 19.1. The minimum absolute atomic E-state index is 0.0484. The summed E-state index contributed by atoms with van der Waals surface area (Å²) in [6, 6.07) is 6.16. The fraction of sp³-hybridized carbons (Fsp3) is 0.357. The zero-order chi connectivity index (χ0) is 14.5. The van der Waals surface area contributed by atoms with Crippen molar-refractivity contribution in [2.75, 3.05) is 0 Å². The van der Waals surface area contributed by atoms with E-state index in [0.29, 0.717) is 12.2 Å². The molecule has 1 unspecified atom stereocenters. The Morgan fingerprint density at radius 3 is 2.95 bits per heavy atom. The third-order valence-corrected chi connectivity index (χ3v) is 2.74. The van der Waals surface area contributed by atoms with E-state index in [1.807, 2.05) is 0 Å². The molecule has 0 radical (unpaired) electrons. The van der Waals surface area contributed by atoms with Gasteiger partial charge in [0.25, 0.3) is 5.89 Å². The summed E-state index contributed by atoms with van der Waals surface area (Å²) in [6.07, 6.45) is 0.416. The maximum absolute atomic E-state index is 13.0. The molecule has 0 bridgehead atoms. The lowest BCUT2D eigenvalue weighted by molar-refractivity contribution is -0.150. The predicted molar refractivity (Wildman–Crippen MR) is 68.1 cm³/mol. The Hall–Kier alpha value is -2.24. The summed E-state index contributed by atoms with van der Waals surface area (Å²) in [5, 5.41) is 3.60. The van der Waals surface area contributed by atoms with Crippen LogP contribution in [0.25, 0.3) is 0 Å². The smallest absolute Gasteiger partial charge is 0.309 e. The van der Waals surface area contributed by atoms with Crippen molar-refractivity contribution in [1.29, 1.82) is 0 Å². The van der Waals surface area contributed by atoms with Crippen molar-refractivity contribution >= 4 is 5.97 Å². The fourth-order valence-corrected chi connectivity index (χ4v) is 1.77. The van der Waals surface area contributed by atoms with Gasteiger partial charge in [-0.2, -0.15) is 4.98 Å². The van der Waals surface area contributed by atoms with E-state index in [9.17, 15) is 9.18 Å². The maximum Gasteiger partial charge on any atom is 0.309 e. The molecule has 1 atom stereocenters. The highest BCUT2D eigenvalue weighted by Gasteiger charge is 2.16. The van der Waals surface area contributed by atoms with Gasteiger partial charge in [0.15, 0.2) is 12.4 Å². The van der Waals surface area contributed by atoms with Gasteiger partial charge in [-0.1, -0.05) is 24.2 Å². The van der Waals surface area contributed by atoms with Crippen LogP contribution < -0.4 is 0 Å². The summed E-state index contributed by atoms with van der Waals surface area (Å²) in [5.74, 6) is -0.326. The number of rotatable bonds is 5. The van der Waals surface area contributed by atoms with Crippen LogP contribution in [0.2, 0.25) is 0 Å². The van der Waals surface area contributed by atoms with Crippen molar-refractivity contribution in [2.24, 2.45) is 5.92 Å². The van der Waals surface area contributed by atoms with E-state index >= 15 is 0 Å². The van der Waals surface area contributed by atoms with Crippen LogP contribution in [0.1, 0.15) is 24.2 Å². The zero-order valence-electron chi connectivity index (χ0n) is 11.3. The minimum Gasteiger partial charge on any atom is -0.455 e. The first-order chi connectivity index (χ1) is 9.54. The number of benzene rings is 1. The quantitative estimate of drug-likeness (QED) is 0.786. The molecule has 0 fully saturated rings. The average molecular weight is 278 g/mol. The minimum atomic E-state index is -0.384. The molecule has 0 aliphatic rings. The molecule has 0 N–H and O–H groups in total. The fourth-order valence-electron chi connectivity index (χ4n) is 1.77. The van der Waals surface area contributed by atoms with E-state index in [-0.39, 0.29) is 30.2 Å². The van der Waals surface area contributed by atoms with Gasteiger partial charge in [-0.25, -0.2) is 4.39 Å². The third kappa shape index (κ3) is 3.88. The van der Waals surface area contributed by atoms with Gasteiger partial charge in [-0.15, -0.1) is 0 Å². The summed E-state index contributed by atoms with van der Waals surface area (Å²) in [4.78, 5) is 15.7. The third-order valence-electron chi connectivity index (χ3n) is 2.74. The van der Waals surface area contributed by atoms with Crippen LogP contribution in [0.15, 0.2) is 28.8 Å². The van der Waals surface area contributed by atoms with E-state index < -0.39 is 0 Å². The molecule has 5 nitrogen and oxygen atoms in total. The Balaban J connectivity index is 1.85. The summed E-state index contributed by atoms with van der Waals surface area (Å²) >= 11 is 0. The number of carbonyl (C=O) groups excluding carboxylic acids is 1.